The highest BCUT2D eigenvalue weighted by atomic mass is 35.5. The first-order valence-electron chi connectivity index (χ1n) is 5.99. The Morgan fingerprint density at radius 1 is 1.25 bits per heavy atom. The fourth-order valence-corrected chi connectivity index (χ4v) is 3.59. The van der Waals surface area contributed by atoms with Crippen LogP contribution in [0.2, 0.25) is 15.2 Å². The smallest absolute Gasteiger partial charge is 0.357 e. The number of nitrogens with one attached hydrogen (secondary N) is 1. The molecule has 0 aliphatic carbocycles. The number of benzene rings is 1. The molecule has 0 unspecified atom stereocenters. The molecule has 2 rings (SSSR count). The minimum Gasteiger partial charge on any atom is -0.478 e. The van der Waals surface area contributed by atoms with E-state index >= 15 is 0 Å². The van der Waals surface area contributed by atoms with E-state index in [2.05, 4.69) is 14.7 Å². The van der Waals surface area contributed by atoms with E-state index in [0.717, 1.165) is 7.11 Å². The molecule has 0 spiro atoms. The third-order valence-corrected chi connectivity index (χ3v) is 5.23. The van der Waals surface area contributed by atoms with Gasteiger partial charge in [0.2, 0.25) is 5.82 Å². The number of carboxylic acids is 1. The normalized spacial score (nSPS) is 11.2. The second-order valence-electron chi connectivity index (χ2n) is 4.18. The Morgan fingerprint density at radius 2 is 1.92 bits per heavy atom. The van der Waals surface area contributed by atoms with Crippen LogP contribution in [0, 0.1) is 0 Å². The molecule has 8 nitrogen and oxygen atoms in total. The molecule has 1 aromatic carbocycles. The van der Waals surface area contributed by atoms with Crippen LogP contribution in [0.1, 0.15) is 10.5 Å². The average molecular weight is 413 g/mol. The molecule has 0 aliphatic heterocycles. The zero-order chi connectivity index (χ0) is 18.1. The van der Waals surface area contributed by atoms with Crippen molar-refractivity contribution < 1.29 is 23.1 Å². The highest BCUT2D eigenvalue weighted by Gasteiger charge is 2.25. The summed E-state index contributed by atoms with van der Waals surface area (Å²) < 4.78 is 31.8. The summed E-state index contributed by atoms with van der Waals surface area (Å²) in [5, 5.41) is 8.28. The fraction of sp³-hybridized carbons (Fsp3) is 0.0833. The first-order valence-corrected chi connectivity index (χ1v) is 8.60. The number of ether oxygens (including phenoxy) is 1. The number of halogens is 3. The lowest BCUT2D eigenvalue weighted by Gasteiger charge is -2.12. The number of aromatic carboxylic acids is 1. The molecule has 0 bridgehead atoms. The monoisotopic (exact) mass is 411 g/mol. The van der Waals surface area contributed by atoms with E-state index in [1.165, 1.54) is 18.2 Å². The number of hydrogen-bond donors (Lipinski definition) is 2. The Balaban J connectivity index is 2.52. The van der Waals surface area contributed by atoms with E-state index in [9.17, 15) is 13.2 Å². The highest BCUT2D eigenvalue weighted by molar-refractivity contribution is 7.92. The first kappa shape index (κ1) is 18.5. The summed E-state index contributed by atoms with van der Waals surface area (Å²) in [5.74, 6) is -2.22. The lowest BCUT2D eigenvalue weighted by atomic mass is 10.4. The van der Waals surface area contributed by atoms with Gasteiger partial charge in [-0.1, -0.05) is 40.9 Å². The van der Waals surface area contributed by atoms with Gasteiger partial charge < -0.3 is 9.84 Å². The second kappa shape index (κ2) is 6.98. The van der Waals surface area contributed by atoms with Gasteiger partial charge in [-0.05, 0) is 12.1 Å². The van der Waals surface area contributed by atoms with Gasteiger partial charge in [-0.3, -0.25) is 4.72 Å². The van der Waals surface area contributed by atoms with Crippen LogP contribution in [-0.2, 0) is 10.0 Å². The van der Waals surface area contributed by atoms with E-state index in [-0.39, 0.29) is 20.8 Å². The minimum atomic E-state index is -4.20. The van der Waals surface area contributed by atoms with Crippen molar-refractivity contribution in [1.29, 1.82) is 0 Å². The maximum absolute atomic E-state index is 12.4. The molecule has 0 fully saturated rings. The number of hydrogen-bond acceptors (Lipinski definition) is 6. The second-order valence-corrected chi connectivity index (χ2v) is 6.98. The summed E-state index contributed by atoms with van der Waals surface area (Å²) in [4.78, 5) is 17.9. The topological polar surface area (TPSA) is 118 Å². The van der Waals surface area contributed by atoms with E-state index < -0.39 is 32.7 Å². The zero-order valence-electron chi connectivity index (χ0n) is 11.7. The Morgan fingerprint density at radius 3 is 2.50 bits per heavy atom. The van der Waals surface area contributed by atoms with Crippen LogP contribution >= 0.6 is 34.8 Å². The summed E-state index contributed by atoms with van der Waals surface area (Å²) in [7, 11) is -3.04. The van der Waals surface area contributed by atoms with Crippen molar-refractivity contribution in [1.82, 2.24) is 9.97 Å². The van der Waals surface area contributed by atoms with Crippen molar-refractivity contribution in [3.8, 4) is 5.88 Å². The van der Waals surface area contributed by atoms with Gasteiger partial charge in [0.15, 0.2) is 10.8 Å². The van der Waals surface area contributed by atoms with Crippen LogP contribution in [0.5, 0.6) is 5.88 Å². The molecule has 0 amide bonds. The molecule has 1 aromatic heterocycles. The van der Waals surface area contributed by atoms with Crippen LogP contribution in [-0.4, -0.2) is 36.6 Å². The highest BCUT2D eigenvalue weighted by Crippen LogP contribution is 2.32. The molecule has 2 aromatic rings. The van der Waals surface area contributed by atoms with Gasteiger partial charge in [0, 0.05) is 0 Å². The van der Waals surface area contributed by atoms with Gasteiger partial charge >= 0.3 is 5.97 Å². The minimum absolute atomic E-state index is 0.0387. The van der Waals surface area contributed by atoms with Crippen molar-refractivity contribution in [2.45, 2.75) is 4.90 Å². The molecule has 0 radical (unpaired) electrons. The largest absolute Gasteiger partial charge is 0.478 e. The predicted molar refractivity (Wildman–Crippen MR) is 87.8 cm³/mol. The Kier molecular flexibility index (Phi) is 5.38. The number of sulfonamides is 1. The lowest BCUT2D eigenvalue weighted by molar-refractivity contribution is 0.0689. The fourth-order valence-electron chi connectivity index (χ4n) is 1.62. The Hall–Kier alpha value is -1.81. The van der Waals surface area contributed by atoms with E-state index in [1.54, 1.807) is 0 Å². The first-order chi connectivity index (χ1) is 11.2. The van der Waals surface area contributed by atoms with Crippen LogP contribution in [0.15, 0.2) is 23.1 Å². The Labute approximate surface area is 151 Å². The molecule has 128 valence electrons. The van der Waals surface area contributed by atoms with Gasteiger partial charge in [0.1, 0.15) is 4.90 Å². The van der Waals surface area contributed by atoms with Gasteiger partial charge in [-0.25, -0.2) is 18.2 Å². The molecule has 24 heavy (non-hydrogen) atoms. The molecule has 0 saturated heterocycles. The number of rotatable bonds is 5. The molecule has 2 N–H and O–H groups in total. The molecular weight excluding hydrogens is 405 g/mol. The predicted octanol–water partition coefficient (Wildman–Crippen LogP) is 2.94. The van der Waals surface area contributed by atoms with E-state index in [0.29, 0.717) is 0 Å². The lowest BCUT2D eigenvalue weighted by Crippen LogP contribution is -2.17. The number of anilines is 1. The maximum Gasteiger partial charge on any atom is 0.357 e. The van der Waals surface area contributed by atoms with Crippen molar-refractivity contribution >= 4 is 56.6 Å². The summed E-state index contributed by atoms with van der Waals surface area (Å²) in [5.41, 5.74) is -0.586. The number of carbonyl (C=O) groups is 1. The van der Waals surface area contributed by atoms with Gasteiger partial charge in [-0.15, -0.1) is 0 Å². The average Bonchev–Trinajstić information content (AvgIpc) is 2.49. The zero-order valence-corrected chi connectivity index (χ0v) is 14.8. The van der Waals surface area contributed by atoms with Crippen LogP contribution in [0.25, 0.3) is 0 Å². The van der Waals surface area contributed by atoms with Crippen molar-refractivity contribution in [3.63, 3.8) is 0 Å². The Bertz CT molecular complexity index is 920. The van der Waals surface area contributed by atoms with Gasteiger partial charge in [0.05, 0.1) is 17.2 Å². The number of methoxy groups -OCH3 is 1. The van der Waals surface area contributed by atoms with Crippen molar-refractivity contribution in [2.24, 2.45) is 0 Å². The summed E-state index contributed by atoms with van der Waals surface area (Å²) in [6.45, 7) is 0. The molecule has 1 heterocycles. The maximum atomic E-state index is 12.4. The summed E-state index contributed by atoms with van der Waals surface area (Å²) in [6, 6.07) is 4.04. The standard InChI is InChI=1S/C12H8Cl3N3O5S/c1-23-11-10(17-9(15)8(16-11)12(19)20)18-24(21,22)6-4-2-3-5(13)7(6)14/h2-4H,1H3,(H,17,18)(H,19,20). The van der Waals surface area contributed by atoms with Gasteiger partial charge in [0.25, 0.3) is 15.9 Å². The number of carboxylic acid groups (broad SMARTS) is 1. The van der Waals surface area contributed by atoms with Crippen molar-refractivity contribution in [2.75, 3.05) is 11.8 Å². The number of nitrogens with zero attached hydrogens (tertiary/aromatic N) is 2. The van der Waals surface area contributed by atoms with E-state index in [4.69, 9.17) is 44.6 Å². The molecule has 0 aliphatic rings. The summed E-state index contributed by atoms with van der Waals surface area (Å²) >= 11 is 17.4. The molecule has 0 saturated carbocycles. The van der Waals surface area contributed by atoms with Gasteiger partial charge in [-0.2, -0.15) is 4.98 Å². The third kappa shape index (κ3) is 3.64. The SMILES string of the molecule is COc1nc(C(=O)O)c(Cl)nc1NS(=O)(=O)c1cccc(Cl)c1Cl. The molecule has 12 heteroatoms. The van der Waals surface area contributed by atoms with Crippen LogP contribution < -0.4 is 9.46 Å². The van der Waals surface area contributed by atoms with Crippen molar-refractivity contribution in [3.05, 3.63) is 39.1 Å². The van der Waals surface area contributed by atoms with E-state index in [1.807, 2.05) is 0 Å². The van der Waals surface area contributed by atoms with Crippen LogP contribution in [0.3, 0.4) is 0 Å². The molecule has 0 atom stereocenters. The molecular formula is C12H8Cl3N3O5S. The third-order valence-electron chi connectivity index (χ3n) is 2.65. The summed E-state index contributed by atoms with van der Waals surface area (Å²) in [6.07, 6.45) is 0. The van der Waals surface area contributed by atoms with Crippen LogP contribution in [0.4, 0.5) is 5.82 Å². The number of aromatic nitrogens is 2. The quantitative estimate of drug-likeness (QED) is 0.775.